The Labute approximate surface area is 125 Å². The fourth-order valence-corrected chi connectivity index (χ4v) is 3.31. The van der Waals surface area contributed by atoms with Crippen LogP contribution >= 0.6 is 11.3 Å². The third-order valence-electron chi connectivity index (χ3n) is 2.75. The molecule has 0 saturated heterocycles. The van der Waals surface area contributed by atoms with Crippen molar-refractivity contribution >= 4 is 27.0 Å². The number of aromatic nitrogens is 2. The summed E-state index contributed by atoms with van der Waals surface area (Å²) < 4.78 is 31.2. The van der Waals surface area contributed by atoms with Gasteiger partial charge in [-0.15, -0.1) is 11.3 Å². The molecule has 0 saturated carbocycles. The Balaban J connectivity index is 1.91. The standard InChI is InChI=1S/C13H11N3O3S2/c1-9-15-13(8-20-9)10-3-2-4-11(5-10)16-21(17,18)12-6-14-19-7-12/h2-8,16H,1H3. The number of anilines is 1. The molecule has 0 fully saturated rings. The number of sulfonamides is 1. The van der Waals surface area contributed by atoms with Crippen LogP contribution in [0.25, 0.3) is 11.3 Å². The zero-order valence-electron chi connectivity index (χ0n) is 11.0. The maximum atomic E-state index is 12.1. The van der Waals surface area contributed by atoms with Crippen molar-refractivity contribution in [1.29, 1.82) is 0 Å². The highest BCUT2D eigenvalue weighted by molar-refractivity contribution is 7.92. The SMILES string of the molecule is Cc1nc(-c2cccc(NS(=O)(=O)c3cnoc3)c2)cs1. The first kappa shape index (κ1) is 13.8. The number of benzene rings is 1. The molecule has 6 nitrogen and oxygen atoms in total. The number of hydrogen-bond donors (Lipinski definition) is 1. The highest BCUT2D eigenvalue weighted by Crippen LogP contribution is 2.25. The van der Waals surface area contributed by atoms with Crippen molar-refractivity contribution in [2.45, 2.75) is 11.8 Å². The fourth-order valence-electron chi connectivity index (χ4n) is 1.78. The minimum atomic E-state index is -3.69. The lowest BCUT2D eigenvalue weighted by Gasteiger charge is -2.07. The average molecular weight is 321 g/mol. The molecule has 21 heavy (non-hydrogen) atoms. The minimum Gasteiger partial charge on any atom is -0.363 e. The Hall–Kier alpha value is -2.19. The van der Waals surface area contributed by atoms with Gasteiger partial charge in [0.05, 0.1) is 16.9 Å². The van der Waals surface area contributed by atoms with E-state index < -0.39 is 10.0 Å². The summed E-state index contributed by atoms with van der Waals surface area (Å²) in [5.74, 6) is 0. The summed E-state index contributed by atoms with van der Waals surface area (Å²) in [6.45, 7) is 1.92. The topological polar surface area (TPSA) is 85.1 Å². The lowest BCUT2D eigenvalue weighted by Crippen LogP contribution is -2.12. The van der Waals surface area contributed by atoms with Crippen LogP contribution in [-0.2, 0) is 10.0 Å². The molecule has 0 aliphatic heterocycles. The van der Waals surface area contributed by atoms with E-state index in [1.165, 1.54) is 0 Å². The number of aryl methyl sites for hydroxylation is 1. The molecule has 0 aliphatic carbocycles. The van der Waals surface area contributed by atoms with Crippen LogP contribution in [0.3, 0.4) is 0 Å². The van der Waals surface area contributed by atoms with Gasteiger partial charge in [0.1, 0.15) is 11.2 Å². The second-order valence-electron chi connectivity index (χ2n) is 4.30. The number of rotatable bonds is 4. The van der Waals surface area contributed by atoms with E-state index in [9.17, 15) is 8.42 Å². The molecule has 0 amide bonds. The second-order valence-corrected chi connectivity index (χ2v) is 7.04. The third-order valence-corrected chi connectivity index (χ3v) is 4.85. The van der Waals surface area contributed by atoms with E-state index in [4.69, 9.17) is 0 Å². The molecule has 0 aliphatic rings. The van der Waals surface area contributed by atoms with Crippen LogP contribution in [0.1, 0.15) is 5.01 Å². The van der Waals surface area contributed by atoms with Crippen LogP contribution in [0, 0.1) is 6.92 Å². The molecule has 0 bridgehead atoms. The van der Waals surface area contributed by atoms with E-state index in [1.807, 2.05) is 18.4 Å². The van der Waals surface area contributed by atoms with E-state index in [1.54, 1.807) is 29.5 Å². The van der Waals surface area contributed by atoms with Crippen LogP contribution < -0.4 is 4.72 Å². The fraction of sp³-hybridized carbons (Fsp3) is 0.0769. The van der Waals surface area contributed by atoms with Gasteiger partial charge in [0.15, 0.2) is 0 Å². The summed E-state index contributed by atoms with van der Waals surface area (Å²) >= 11 is 1.55. The zero-order valence-corrected chi connectivity index (χ0v) is 12.6. The van der Waals surface area contributed by atoms with Crippen molar-refractivity contribution in [2.24, 2.45) is 0 Å². The normalized spacial score (nSPS) is 11.5. The third kappa shape index (κ3) is 2.96. The molecule has 8 heteroatoms. The maximum Gasteiger partial charge on any atom is 0.266 e. The lowest BCUT2D eigenvalue weighted by atomic mass is 10.1. The molecule has 3 rings (SSSR count). The van der Waals surface area contributed by atoms with Gasteiger partial charge in [-0.2, -0.15) is 0 Å². The highest BCUT2D eigenvalue weighted by Gasteiger charge is 2.16. The van der Waals surface area contributed by atoms with E-state index in [-0.39, 0.29) is 4.90 Å². The van der Waals surface area contributed by atoms with E-state index in [0.29, 0.717) is 5.69 Å². The Morgan fingerprint density at radius 2 is 2.19 bits per heavy atom. The van der Waals surface area contributed by atoms with Gasteiger partial charge in [-0.05, 0) is 19.1 Å². The quantitative estimate of drug-likeness (QED) is 0.798. The van der Waals surface area contributed by atoms with Gasteiger partial charge in [-0.25, -0.2) is 13.4 Å². The monoisotopic (exact) mass is 321 g/mol. The molecule has 2 aromatic heterocycles. The van der Waals surface area contributed by atoms with Gasteiger partial charge in [-0.3, -0.25) is 4.72 Å². The molecule has 0 radical (unpaired) electrons. The molecule has 3 aromatic rings. The van der Waals surface area contributed by atoms with Crippen LogP contribution in [0.4, 0.5) is 5.69 Å². The van der Waals surface area contributed by atoms with Gasteiger partial charge >= 0.3 is 0 Å². The smallest absolute Gasteiger partial charge is 0.266 e. The van der Waals surface area contributed by atoms with Gasteiger partial charge in [0.25, 0.3) is 10.0 Å². The summed E-state index contributed by atoms with van der Waals surface area (Å²) in [7, 11) is -3.69. The second kappa shape index (κ2) is 5.30. The number of nitrogens with one attached hydrogen (secondary N) is 1. The Kier molecular flexibility index (Phi) is 3.48. The van der Waals surface area contributed by atoms with E-state index in [2.05, 4.69) is 19.4 Å². The largest absolute Gasteiger partial charge is 0.363 e. The molecule has 0 atom stereocenters. The van der Waals surface area contributed by atoms with Gasteiger partial charge in [-0.1, -0.05) is 17.3 Å². The van der Waals surface area contributed by atoms with Crippen LogP contribution in [0.5, 0.6) is 0 Å². The Morgan fingerprint density at radius 3 is 2.86 bits per heavy atom. The first-order chi connectivity index (χ1) is 10.0. The molecule has 1 N–H and O–H groups in total. The Bertz CT molecular complexity index is 854. The van der Waals surface area contributed by atoms with Gasteiger partial charge in [0, 0.05) is 16.6 Å². The van der Waals surface area contributed by atoms with Crippen LogP contribution in [-0.4, -0.2) is 18.6 Å². The predicted molar refractivity (Wildman–Crippen MR) is 79.6 cm³/mol. The summed E-state index contributed by atoms with van der Waals surface area (Å²) in [6.07, 6.45) is 2.23. The lowest BCUT2D eigenvalue weighted by molar-refractivity contribution is 0.417. The van der Waals surface area contributed by atoms with Crippen molar-refractivity contribution in [3.63, 3.8) is 0 Å². The molecule has 108 valence electrons. The van der Waals surface area contributed by atoms with E-state index in [0.717, 1.165) is 28.7 Å². The summed E-state index contributed by atoms with van der Waals surface area (Å²) in [5.41, 5.74) is 2.13. The maximum absolute atomic E-state index is 12.1. The minimum absolute atomic E-state index is 0.0163. The van der Waals surface area contributed by atoms with Crippen molar-refractivity contribution in [3.05, 3.63) is 47.1 Å². The van der Waals surface area contributed by atoms with Crippen molar-refractivity contribution in [1.82, 2.24) is 10.1 Å². The number of thiazole rings is 1. The first-order valence-corrected chi connectivity index (χ1v) is 8.36. The van der Waals surface area contributed by atoms with Crippen molar-refractivity contribution in [2.75, 3.05) is 4.72 Å². The van der Waals surface area contributed by atoms with Gasteiger partial charge < -0.3 is 4.52 Å². The molecular weight excluding hydrogens is 310 g/mol. The highest BCUT2D eigenvalue weighted by atomic mass is 32.2. The predicted octanol–water partition coefficient (Wildman–Crippen LogP) is 2.91. The van der Waals surface area contributed by atoms with Crippen LogP contribution in [0.15, 0.2) is 51.5 Å². The molecule has 0 spiro atoms. The molecule has 2 heterocycles. The molecular formula is C13H11N3O3S2. The molecule has 0 unspecified atom stereocenters. The van der Waals surface area contributed by atoms with Crippen molar-refractivity contribution in [3.8, 4) is 11.3 Å². The summed E-state index contributed by atoms with van der Waals surface area (Å²) in [4.78, 5) is 4.37. The van der Waals surface area contributed by atoms with E-state index >= 15 is 0 Å². The van der Waals surface area contributed by atoms with Gasteiger partial charge in [0.2, 0.25) is 0 Å². The summed E-state index contributed by atoms with van der Waals surface area (Å²) in [5, 5.41) is 6.29. The number of nitrogens with zero attached hydrogens (tertiary/aromatic N) is 2. The first-order valence-electron chi connectivity index (χ1n) is 5.99. The zero-order chi connectivity index (χ0) is 14.9. The van der Waals surface area contributed by atoms with Crippen molar-refractivity contribution < 1.29 is 12.9 Å². The number of hydrogen-bond acceptors (Lipinski definition) is 6. The molecule has 1 aromatic carbocycles. The summed E-state index contributed by atoms with van der Waals surface area (Å²) in [6, 6.07) is 7.06. The van der Waals surface area contributed by atoms with Crippen LogP contribution in [0.2, 0.25) is 0 Å². The average Bonchev–Trinajstić information content (AvgIpc) is 3.09. The Morgan fingerprint density at radius 1 is 1.33 bits per heavy atom.